The quantitative estimate of drug-likeness (QED) is 0.614. The van der Waals surface area contributed by atoms with Crippen LogP contribution in [-0.4, -0.2) is 51.3 Å². The molecule has 8 nitrogen and oxygen atoms in total. The van der Waals surface area contributed by atoms with E-state index in [9.17, 15) is 22.4 Å². The zero-order valence-corrected chi connectivity index (χ0v) is 18.0. The Balaban J connectivity index is 1.95. The summed E-state index contributed by atoms with van der Waals surface area (Å²) in [6.07, 6.45) is -0.473. The van der Waals surface area contributed by atoms with Crippen LogP contribution >= 0.6 is 0 Å². The van der Waals surface area contributed by atoms with Crippen molar-refractivity contribution in [1.82, 2.24) is 4.90 Å². The number of nitrogens with zero attached hydrogens (tertiary/aromatic N) is 2. The zero-order chi connectivity index (χ0) is 22.6. The number of cyclic esters (lactones) is 1. The first-order valence-corrected chi connectivity index (χ1v) is 11.3. The van der Waals surface area contributed by atoms with Crippen LogP contribution in [0.25, 0.3) is 0 Å². The maximum Gasteiger partial charge on any atom is 0.410 e. The van der Waals surface area contributed by atoms with Crippen LogP contribution in [0.3, 0.4) is 0 Å². The van der Waals surface area contributed by atoms with Gasteiger partial charge in [-0.2, -0.15) is 0 Å². The lowest BCUT2D eigenvalue weighted by atomic mass is 10.1. The molecule has 0 spiro atoms. The summed E-state index contributed by atoms with van der Waals surface area (Å²) >= 11 is 0. The Morgan fingerprint density at radius 2 is 1.97 bits per heavy atom. The van der Waals surface area contributed by atoms with Gasteiger partial charge in [0.15, 0.2) is 11.6 Å². The summed E-state index contributed by atoms with van der Waals surface area (Å²) < 4.78 is 50.5. The minimum absolute atomic E-state index is 0.0367. The van der Waals surface area contributed by atoms with E-state index >= 15 is 0 Å². The molecule has 1 aliphatic rings. The van der Waals surface area contributed by atoms with Gasteiger partial charge in [0.05, 0.1) is 24.6 Å². The van der Waals surface area contributed by atoms with E-state index in [2.05, 4.69) is 0 Å². The summed E-state index contributed by atoms with van der Waals surface area (Å²) in [6, 6.07) is 11.9. The first-order valence-electron chi connectivity index (χ1n) is 9.66. The first-order chi connectivity index (χ1) is 14.8. The second kappa shape index (κ2) is 9.34. The highest BCUT2D eigenvalue weighted by Crippen LogP contribution is 2.30. The number of anilines is 1. The number of rotatable bonds is 8. The second-order valence-corrected chi connectivity index (χ2v) is 8.86. The van der Waals surface area contributed by atoms with Crippen LogP contribution < -0.4 is 9.04 Å². The molecule has 1 aliphatic heterocycles. The molecule has 1 unspecified atom stereocenters. The Hall–Kier alpha value is -3.14. The fourth-order valence-electron chi connectivity index (χ4n) is 3.38. The number of amides is 2. The maximum atomic E-state index is 14.3. The summed E-state index contributed by atoms with van der Waals surface area (Å²) in [4.78, 5) is 26.6. The summed E-state index contributed by atoms with van der Waals surface area (Å²) in [6.45, 7) is 1.14. The van der Waals surface area contributed by atoms with Gasteiger partial charge in [-0.25, -0.2) is 21.9 Å². The lowest BCUT2D eigenvalue weighted by Gasteiger charge is -2.27. The first kappa shape index (κ1) is 22.5. The van der Waals surface area contributed by atoms with Crippen LogP contribution in [0.2, 0.25) is 0 Å². The number of benzene rings is 2. The molecule has 166 valence electrons. The SMILES string of the molecule is CCCS(=O)(=O)N(C(=O)CN1C(=O)OCC1c1ccccc1)c1ccc(OC)c(F)c1. The summed E-state index contributed by atoms with van der Waals surface area (Å²) in [5.74, 6) is -2.11. The van der Waals surface area contributed by atoms with Gasteiger partial charge >= 0.3 is 6.09 Å². The van der Waals surface area contributed by atoms with Crippen LogP contribution in [0.1, 0.15) is 24.9 Å². The van der Waals surface area contributed by atoms with E-state index in [-0.39, 0.29) is 30.2 Å². The number of methoxy groups -OCH3 is 1. The highest BCUT2D eigenvalue weighted by atomic mass is 32.2. The Kier molecular flexibility index (Phi) is 6.79. The molecule has 1 saturated heterocycles. The lowest BCUT2D eigenvalue weighted by Crippen LogP contribution is -2.45. The van der Waals surface area contributed by atoms with Gasteiger partial charge in [0.2, 0.25) is 10.0 Å². The molecule has 0 bridgehead atoms. The van der Waals surface area contributed by atoms with E-state index in [1.165, 1.54) is 24.1 Å². The number of ether oxygens (including phenoxy) is 2. The highest BCUT2D eigenvalue weighted by molar-refractivity contribution is 7.93. The molecule has 1 fully saturated rings. The molecule has 2 aromatic rings. The number of carbonyl (C=O) groups is 2. The lowest BCUT2D eigenvalue weighted by molar-refractivity contribution is -0.118. The molecule has 1 atom stereocenters. The molecule has 2 amide bonds. The number of halogens is 1. The number of hydrogen-bond donors (Lipinski definition) is 0. The third-order valence-corrected chi connectivity index (χ3v) is 6.70. The second-order valence-electron chi connectivity index (χ2n) is 6.92. The molecule has 1 heterocycles. The van der Waals surface area contributed by atoms with E-state index in [0.717, 1.165) is 11.6 Å². The standard InChI is InChI=1S/C21H23FN2O6S/c1-3-11-31(27,28)24(16-9-10-19(29-2)17(22)12-16)20(25)13-23-18(14-30-21(23)26)15-7-5-4-6-8-15/h4-10,12,18H,3,11,13-14H2,1-2H3. The van der Waals surface area contributed by atoms with E-state index < -0.39 is 40.4 Å². The van der Waals surface area contributed by atoms with Gasteiger partial charge in [-0.15, -0.1) is 0 Å². The monoisotopic (exact) mass is 450 g/mol. The maximum absolute atomic E-state index is 14.3. The molecule has 0 aromatic heterocycles. The third kappa shape index (κ3) is 4.79. The van der Waals surface area contributed by atoms with Crippen LogP contribution in [-0.2, 0) is 19.6 Å². The van der Waals surface area contributed by atoms with Gasteiger partial charge in [0.25, 0.3) is 5.91 Å². The Morgan fingerprint density at radius 3 is 2.58 bits per heavy atom. The van der Waals surface area contributed by atoms with Gasteiger partial charge in [-0.1, -0.05) is 37.3 Å². The van der Waals surface area contributed by atoms with Crippen molar-refractivity contribution in [2.75, 3.05) is 30.3 Å². The number of hydrogen-bond acceptors (Lipinski definition) is 6. The molecular formula is C21H23FN2O6S. The van der Waals surface area contributed by atoms with Crippen molar-refractivity contribution in [1.29, 1.82) is 0 Å². The molecule has 0 radical (unpaired) electrons. The zero-order valence-electron chi connectivity index (χ0n) is 17.2. The van der Waals surface area contributed by atoms with Crippen molar-refractivity contribution in [3.05, 3.63) is 59.9 Å². The molecule has 31 heavy (non-hydrogen) atoms. The molecule has 10 heteroatoms. The highest BCUT2D eigenvalue weighted by Gasteiger charge is 2.38. The third-order valence-electron chi connectivity index (χ3n) is 4.80. The minimum atomic E-state index is -4.10. The largest absolute Gasteiger partial charge is 0.494 e. The van der Waals surface area contributed by atoms with E-state index in [1.807, 2.05) is 6.07 Å². The van der Waals surface area contributed by atoms with Gasteiger partial charge < -0.3 is 9.47 Å². The molecule has 2 aromatic carbocycles. The van der Waals surface area contributed by atoms with Crippen molar-refractivity contribution in [2.24, 2.45) is 0 Å². The van der Waals surface area contributed by atoms with E-state index in [4.69, 9.17) is 9.47 Å². The molecular weight excluding hydrogens is 427 g/mol. The Labute approximate surface area is 180 Å². The average Bonchev–Trinajstić information content (AvgIpc) is 3.09. The summed E-state index contributed by atoms with van der Waals surface area (Å²) in [5, 5.41) is 0. The van der Waals surface area contributed by atoms with Crippen LogP contribution in [0.5, 0.6) is 5.75 Å². The smallest absolute Gasteiger partial charge is 0.410 e. The van der Waals surface area contributed by atoms with Gasteiger partial charge in [-0.3, -0.25) is 9.69 Å². The fourth-order valence-corrected chi connectivity index (χ4v) is 4.88. The van der Waals surface area contributed by atoms with E-state index in [1.54, 1.807) is 31.2 Å². The van der Waals surface area contributed by atoms with Crippen LogP contribution in [0, 0.1) is 5.82 Å². The van der Waals surface area contributed by atoms with Crippen molar-refractivity contribution in [3.63, 3.8) is 0 Å². The van der Waals surface area contributed by atoms with Gasteiger partial charge in [-0.05, 0) is 24.1 Å². The predicted octanol–water partition coefficient (Wildman–Crippen LogP) is 3.10. The summed E-state index contributed by atoms with van der Waals surface area (Å²) in [7, 11) is -2.83. The average molecular weight is 450 g/mol. The van der Waals surface area contributed by atoms with Crippen molar-refractivity contribution < 1.29 is 31.9 Å². The molecule has 0 N–H and O–H groups in total. The molecule has 0 saturated carbocycles. The fraction of sp³-hybridized carbons (Fsp3) is 0.333. The van der Waals surface area contributed by atoms with E-state index in [0.29, 0.717) is 4.31 Å². The Morgan fingerprint density at radius 1 is 1.26 bits per heavy atom. The predicted molar refractivity (Wildman–Crippen MR) is 112 cm³/mol. The van der Waals surface area contributed by atoms with Crippen molar-refractivity contribution in [2.45, 2.75) is 19.4 Å². The van der Waals surface area contributed by atoms with Crippen molar-refractivity contribution >= 4 is 27.7 Å². The minimum Gasteiger partial charge on any atom is -0.494 e. The Bertz CT molecular complexity index is 1060. The number of carbonyl (C=O) groups excluding carboxylic acids is 2. The summed E-state index contributed by atoms with van der Waals surface area (Å²) in [5.41, 5.74) is 0.584. The van der Waals surface area contributed by atoms with Gasteiger partial charge in [0.1, 0.15) is 13.2 Å². The molecule has 3 rings (SSSR count). The van der Waals surface area contributed by atoms with Crippen LogP contribution in [0.15, 0.2) is 48.5 Å². The van der Waals surface area contributed by atoms with Crippen LogP contribution in [0.4, 0.5) is 14.9 Å². The van der Waals surface area contributed by atoms with Crippen molar-refractivity contribution in [3.8, 4) is 5.75 Å². The normalized spacial score (nSPS) is 16.2. The topological polar surface area (TPSA) is 93.2 Å². The molecule has 0 aliphatic carbocycles. The van der Waals surface area contributed by atoms with Gasteiger partial charge in [0, 0.05) is 6.07 Å². The number of sulfonamides is 1.